The lowest BCUT2D eigenvalue weighted by Crippen LogP contribution is -2.51. The third-order valence-corrected chi connectivity index (χ3v) is 7.36. The molecule has 2 aromatic rings. The molecule has 3 aliphatic rings. The Morgan fingerprint density at radius 1 is 1.06 bits per heavy atom. The number of benzene rings is 1. The molecule has 6 nitrogen and oxygen atoms in total. The van der Waals surface area contributed by atoms with Crippen molar-refractivity contribution in [3.63, 3.8) is 0 Å². The molecule has 1 aromatic carbocycles. The molecular weight excluding hydrogens is 392 g/mol. The van der Waals surface area contributed by atoms with E-state index in [-0.39, 0.29) is 18.1 Å². The van der Waals surface area contributed by atoms with Crippen LogP contribution in [0.4, 0.5) is 0 Å². The number of amides is 1. The van der Waals surface area contributed by atoms with Crippen molar-refractivity contribution in [3.8, 4) is 5.75 Å². The number of aryl methyl sites for hydroxylation is 1. The first-order valence-corrected chi connectivity index (χ1v) is 11.9. The molecule has 3 heterocycles. The van der Waals surface area contributed by atoms with Gasteiger partial charge in [0.05, 0.1) is 0 Å². The van der Waals surface area contributed by atoms with E-state index in [2.05, 4.69) is 10.2 Å². The number of ether oxygens (including phenoxy) is 1. The van der Waals surface area contributed by atoms with E-state index in [1.807, 2.05) is 12.1 Å². The maximum absolute atomic E-state index is 12.4. The van der Waals surface area contributed by atoms with Crippen LogP contribution in [0.15, 0.2) is 27.4 Å². The number of carbonyl (C=O) groups is 1. The molecule has 2 fully saturated rings. The van der Waals surface area contributed by atoms with Crippen molar-refractivity contribution >= 4 is 16.9 Å². The second-order valence-corrected chi connectivity index (χ2v) is 9.31. The minimum atomic E-state index is -0.235. The van der Waals surface area contributed by atoms with E-state index >= 15 is 0 Å². The van der Waals surface area contributed by atoms with Crippen molar-refractivity contribution in [1.82, 2.24) is 10.2 Å². The summed E-state index contributed by atoms with van der Waals surface area (Å²) in [6, 6.07) is 6.18. The summed E-state index contributed by atoms with van der Waals surface area (Å²) in [5.41, 5.74) is 2.25. The maximum Gasteiger partial charge on any atom is 0.339 e. The quantitative estimate of drug-likeness (QED) is 0.745. The SMILES string of the molecule is O=C(COc1ccc2c3c(c(=O)oc2c1)CCCC3)NC[C@@H]1CCCN2CCCC[C@H]12. The van der Waals surface area contributed by atoms with Crippen LogP contribution in [-0.2, 0) is 17.6 Å². The molecule has 5 rings (SSSR count). The molecule has 1 aromatic heterocycles. The molecule has 0 unspecified atom stereocenters. The molecule has 166 valence electrons. The van der Waals surface area contributed by atoms with E-state index in [9.17, 15) is 9.59 Å². The third kappa shape index (κ3) is 4.36. The van der Waals surface area contributed by atoms with E-state index in [0.29, 0.717) is 23.3 Å². The van der Waals surface area contributed by atoms with Gasteiger partial charge in [0.15, 0.2) is 6.61 Å². The van der Waals surface area contributed by atoms with E-state index in [4.69, 9.17) is 9.15 Å². The normalized spacial score (nSPS) is 23.7. The van der Waals surface area contributed by atoms with Crippen molar-refractivity contribution in [3.05, 3.63) is 39.7 Å². The molecule has 0 bridgehead atoms. The third-order valence-electron chi connectivity index (χ3n) is 7.36. The van der Waals surface area contributed by atoms with Crippen LogP contribution in [-0.4, -0.2) is 43.1 Å². The maximum atomic E-state index is 12.4. The van der Waals surface area contributed by atoms with Gasteiger partial charge in [0, 0.05) is 29.6 Å². The molecule has 2 aliphatic heterocycles. The number of piperidine rings is 2. The zero-order valence-corrected chi connectivity index (χ0v) is 18.2. The van der Waals surface area contributed by atoms with E-state index in [1.165, 1.54) is 45.2 Å². The van der Waals surface area contributed by atoms with Crippen LogP contribution in [0.1, 0.15) is 56.1 Å². The first-order valence-electron chi connectivity index (χ1n) is 11.9. The zero-order valence-electron chi connectivity index (χ0n) is 18.2. The molecular formula is C25H32N2O4. The number of hydrogen-bond acceptors (Lipinski definition) is 5. The van der Waals surface area contributed by atoms with Crippen LogP contribution < -0.4 is 15.7 Å². The van der Waals surface area contributed by atoms with Crippen molar-refractivity contribution < 1.29 is 13.9 Å². The molecule has 2 atom stereocenters. The fraction of sp³-hybridized carbons (Fsp3) is 0.600. The Kier molecular flexibility index (Phi) is 5.99. The van der Waals surface area contributed by atoms with Gasteiger partial charge >= 0.3 is 5.63 Å². The number of carbonyl (C=O) groups excluding carboxylic acids is 1. The first-order chi connectivity index (χ1) is 15.2. The Hall–Kier alpha value is -2.34. The van der Waals surface area contributed by atoms with E-state index in [1.54, 1.807) is 6.07 Å². The van der Waals surface area contributed by atoms with Crippen LogP contribution >= 0.6 is 0 Å². The average molecular weight is 425 g/mol. The summed E-state index contributed by atoms with van der Waals surface area (Å²) < 4.78 is 11.3. The lowest BCUT2D eigenvalue weighted by molar-refractivity contribution is -0.123. The van der Waals surface area contributed by atoms with Crippen LogP contribution in [0, 0.1) is 5.92 Å². The van der Waals surface area contributed by atoms with E-state index < -0.39 is 0 Å². The highest BCUT2D eigenvalue weighted by Crippen LogP contribution is 2.31. The first kappa shape index (κ1) is 20.6. The highest BCUT2D eigenvalue weighted by atomic mass is 16.5. The Bertz CT molecular complexity index is 1010. The largest absolute Gasteiger partial charge is 0.484 e. The second kappa shape index (κ2) is 9.03. The van der Waals surface area contributed by atoms with Gasteiger partial charge in [0.2, 0.25) is 0 Å². The zero-order chi connectivity index (χ0) is 21.2. The van der Waals surface area contributed by atoms with Crippen molar-refractivity contribution in [1.29, 1.82) is 0 Å². The van der Waals surface area contributed by atoms with Gasteiger partial charge < -0.3 is 19.4 Å². The summed E-state index contributed by atoms with van der Waals surface area (Å²) in [4.78, 5) is 27.3. The highest BCUT2D eigenvalue weighted by Gasteiger charge is 2.32. The summed E-state index contributed by atoms with van der Waals surface area (Å²) in [6.45, 7) is 3.11. The topological polar surface area (TPSA) is 71.8 Å². The van der Waals surface area contributed by atoms with Gasteiger partial charge in [-0.15, -0.1) is 0 Å². The molecule has 2 saturated heterocycles. The van der Waals surface area contributed by atoms with Gasteiger partial charge in [0.25, 0.3) is 5.91 Å². The minimum absolute atomic E-state index is 0.0260. The summed E-state index contributed by atoms with van der Waals surface area (Å²) >= 11 is 0. The Balaban J connectivity index is 1.19. The van der Waals surface area contributed by atoms with Crippen LogP contribution in [0.5, 0.6) is 5.75 Å². The predicted octanol–water partition coefficient (Wildman–Crippen LogP) is 3.43. The molecule has 1 aliphatic carbocycles. The lowest BCUT2D eigenvalue weighted by atomic mass is 9.83. The summed E-state index contributed by atoms with van der Waals surface area (Å²) in [5.74, 6) is 0.997. The smallest absolute Gasteiger partial charge is 0.339 e. The molecule has 0 radical (unpaired) electrons. The highest BCUT2D eigenvalue weighted by molar-refractivity contribution is 5.83. The van der Waals surface area contributed by atoms with E-state index in [0.717, 1.165) is 48.7 Å². The van der Waals surface area contributed by atoms with Crippen LogP contribution in [0.25, 0.3) is 11.0 Å². The Morgan fingerprint density at radius 3 is 2.81 bits per heavy atom. The lowest BCUT2D eigenvalue weighted by Gasteiger charge is -2.44. The number of hydrogen-bond donors (Lipinski definition) is 1. The Morgan fingerprint density at radius 2 is 1.90 bits per heavy atom. The standard InChI is InChI=1S/C25H32N2O4/c28-24(26-15-17-6-5-13-27-12-4-3-9-22(17)27)16-30-18-10-11-20-19-7-1-2-8-21(19)25(29)31-23(20)14-18/h10-11,14,17,22H,1-9,12-13,15-16H2,(H,26,28)/t17-,22+/m0/s1. The van der Waals surface area contributed by atoms with Crippen molar-refractivity contribution in [2.24, 2.45) is 5.92 Å². The van der Waals surface area contributed by atoms with Gasteiger partial charge in [-0.25, -0.2) is 4.79 Å². The van der Waals surface area contributed by atoms with Crippen molar-refractivity contribution in [2.45, 2.75) is 63.8 Å². The molecule has 31 heavy (non-hydrogen) atoms. The van der Waals surface area contributed by atoms with Crippen LogP contribution in [0.3, 0.4) is 0 Å². The molecule has 0 saturated carbocycles. The molecule has 0 spiro atoms. The fourth-order valence-electron chi connectivity index (χ4n) is 5.78. The summed E-state index contributed by atoms with van der Waals surface area (Å²) in [7, 11) is 0. The number of nitrogens with one attached hydrogen (secondary N) is 1. The number of rotatable bonds is 5. The van der Waals surface area contributed by atoms with Gasteiger partial charge in [0.1, 0.15) is 11.3 Å². The molecule has 1 amide bonds. The second-order valence-electron chi connectivity index (χ2n) is 9.31. The van der Waals surface area contributed by atoms with Gasteiger partial charge in [-0.05, 0) is 88.1 Å². The fourth-order valence-corrected chi connectivity index (χ4v) is 5.78. The Labute approximate surface area is 182 Å². The molecule has 6 heteroatoms. The minimum Gasteiger partial charge on any atom is -0.484 e. The van der Waals surface area contributed by atoms with Gasteiger partial charge in [-0.1, -0.05) is 6.42 Å². The molecule has 1 N–H and O–H groups in total. The monoisotopic (exact) mass is 424 g/mol. The summed E-state index contributed by atoms with van der Waals surface area (Å²) in [5, 5.41) is 4.07. The van der Waals surface area contributed by atoms with Gasteiger partial charge in [-0.3, -0.25) is 4.79 Å². The van der Waals surface area contributed by atoms with Crippen LogP contribution in [0.2, 0.25) is 0 Å². The van der Waals surface area contributed by atoms with Gasteiger partial charge in [-0.2, -0.15) is 0 Å². The summed E-state index contributed by atoms with van der Waals surface area (Å²) in [6.07, 6.45) is 10.1. The number of fused-ring (bicyclic) bond motifs is 4. The average Bonchev–Trinajstić information content (AvgIpc) is 2.81. The number of nitrogens with zero attached hydrogens (tertiary/aromatic N) is 1. The van der Waals surface area contributed by atoms with Crippen molar-refractivity contribution in [2.75, 3.05) is 26.2 Å². The predicted molar refractivity (Wildman–Crippen MR) is 120 cm³/mol.